The van der Waals surface area contributed by atoms with Gasteiger partial charge in [0.2, 0.25) is 0 Å². The number of pyridine rings is 1. The van der Waals surface area contributed by atoms with Crippen molar-refractivity contribution < 1.29 is 24.2 Å². The van der Waals surface area contributed by atoms with E-state index in [-0.39, 0.29) is 28.5 Å². The predicted molar refractivity (Wildman–Crippen MR) is 88.0 cm³/mol. The Morgan fingerprint density at radius 3 is 2.42 bits per heavy atom. The number of phenolic OH excluding ortho intramolecular Hbond substituents is 1. The second-order valence-electron chi connectivity index (χ2n) is 5.50. The number of phenols is 1. The molecule has 0 atom stereocenters. The molecule has 6 nitrogen and oxygen atoms in total. The molecule has 1 aromatic carbocycles. The van der Waals surface area contributed by atoms with Crippen LogP contribution < -0.4 is 0 Å². The van der Waals surface area contributed by atoms with Crippen molar-refractivity contribution in [1.82, 2.24) is 4.98 Å². The van der Waals surface area contributed by atoms with E-state index in [2.05, 4.69) is 4.98 Å². The second kappa shape index (κ2) is 7.12. The highest BCUT2D eigenvalue weighted by molar-refractivity contribution is 6.08. The van der Waals surface area contributed by atoms with Gasteiger partial charge in [-0.3, -0.25) is 4.98 Å². The molecule has 0 saturated carbocycles. The molecule has 0 radical (unpaired) electrons. The molecule has 0 amide bonds. The molecule has 0 aliphatic carbocycles. The van der Waals surface area contributed by atoms with Crippen molar-refractivity contribution >= 4 is 11.9 Å². The average Bonchev–Trinajstić information content (AvgIpc) is 2.53. The molecule has 24 heavy (non-hydrogen) atoms. The van der Waals surface area contributed by atoms with Crippen LogP contribution in [-0.4, -0.2) is 35.2 Å². The third-order valence-electron chi connectivity index (χ3n) is 3.36. The Bertz CT molecular complexity index is 769. The largest absolute Gasteiger partial charge is 0.507 e. The molecule has 6 heteroatoms. The Morgan fingerprint density at radius 2 is 1.88 bits per heavy atom. The fourth-order valence-electron chi connectivity index (χ4n) is 2.41. The van der Waals surface area contributed by atoms with Crippen molar-refractivity contribution in [3.8, 4) is 17.0 Å². The van der Waals surface area contributed by atoms with Crippen LogP contribution in [0.25, 0.3) is 11.3 Å². The van der Waals surface area contributed by atoms with Gasteiger partial charge in [-0.25, -0.2) is 9.59 Å². The lowest BCUT2D eigenvalue weighted by Crippen LogP contribution is -2.17. The second-order valence-corrected chi connectivity index (χ2v) is 5.50. The fourth-order valence-corrected chi connectivity index (χ4v) is 2.41. The normalized spacial score (nSPS) is 10.5. The molecule has 1 N–H and O–H groups in total. The van der Waals surface area contributed by atoms with Crippen LogP contribution in [-0.2, 0) is 9.47 Å². The molecule has 0 aliphatic rings. The number of hydrogen-bond acceptors (Lipinski definition) is 6. The van der Waals surface area contributed by atoms with E-state index in [1.54, 1.807) is 39.0 Å². The number of aromatic hydroxyl groups is 1. The number of aromatic nitrogens is 1. The van der Waals surface area contributed by atoms with Crippen molar-refractivity contribution in [3.63, 3.8) is 0 Å². The summed E-state index contributed by atoms with van der Waals surface area (Å²) in [5, 5.41) is 10.2. The number of carbonyl (C=O) groups excluding carboxylic acids is 2. The van der Waals surface area contributed by atoms with Crippen LogP contribution in [0, 0.1) is 6.92 Å². The number of rotatable bonds is 4. The third kappa shape index (κ3) is 3.37. The number of benzene rings is 1. The molecule has 2 rings (SSSR count). The first-order chi connectivity index (χ1) is 11.4. The van der Waals surface area contributed by atoms with E-state index < -0.39 is 11.9 Å². The van der Waals surface area contributed by atoms with E-state index in [0.717, 1.165) is 0 Å². The van der Waals surface area contributed by atoms with Gasteiger partial charge >= 0.3 is 11.9 Å². The van der Waals surface area contributed by atoms with Gasteiger partial charge in [0.1, 0.15) is 11.3 Å². The number of carbonyl (C=O) groups is 2. The van der Waals surface area contributed by atoms with E-state index in [4.69, 9.17) is 9.47 Å². The quantitative estimate of drug-likeness (QED) is 0.868. The van der Waals surface area contributed by atoms with Crippen molar-refractivity contribution in [3.05, 3.63) is 47.2 Å². The van der Waals surface area contributed by atoms with E-state index in [1.807, 2.05) is 0 Å². The maximum atomic E-state index is 12.6. The first kappa shape index (κ1) is 17.5. The molecule has 1 heterocycles. The van der Waals surface area contributed by atoms with Crippen LogP contribution in [0.3, 0.4) is 0 Å². The summed E-state index contributed by atoms with van der Waals surface area (Å²) in [7, 11) is 1.20. The molecule has 0 unspecified atom stereocenters. The van der Waals surface area contributed by atoms with Gasteiger partial charge in [0, 0.05) is 11.8 Å². The topological polar surface area (TPSA) is 85.7 Å². The van der Waals surface area contributed by atoms with Gasteiger partial charge in [-0.2, -0.15) is 0 Å². The lowest BCUT2D eigenvalue weighted by Gasteiger charge is -2.17. The minimum Gasteiger partial charge on any atom is -0.507 e. The Morgan fingerprint density at radius 1 is 1.17 bits per heavy atom. The zero-order chi connectivity index (χ0) is 17.9. The zero-order valence-corrected chi connectivity index (χ0v) is 14.0. The average molecular weight is 329 g/mol. The van der Waals surface area contributed by atoms with Crippen LogP contribution in [0.15, 0.2) is 30.5 Å². The number of methoxy groups -OCH3 is 1. The predicted octanol–water partition coefficient (Wildman–Crippen LogP) is 3.11. The summed E-state index contributed by atoms with van der Waals surface area (Å²) < 4.78 is 10.0. The van der Waals surface area contributed by atoms with Crippen LogP contribution in [0.2, 0.25) is 0 Å². The van der Waals surface area contributed by atoms with Gasteiger partial charge in [-0.1, -0.05) is 6.07 Å². The van der Waals surface area contributed by atoms with Crippen LogP contribution in [0.5, 0.6) is 5.75 Å². The van der Waals surface area contributed by atoms with Gasteiger partial charge in [0.15, 0.2) is 0 Å². The smallest absolute Gasteiger partial charge is 0.342 e. The van der Waals surface area contributed by atoms with Gasteiger partial charge < -0.3 is 14.6 Å². The molecule has 126 valence electrons. The van der Waals surface area contributed by atoms with Crippen molar-refractivity contribution in [1.29, 1.82) is 0 Å². The molecular weight excluding hydrogens is 310 g/mol. The first-order valence-corrected chi connectivity index (χ1v) is 7.44. The molecule has 0 bridgehead atoms. The third-order valence-corrected chi connectivity index (χ3v) is 3.36. The molecule has 1 aromatic heterocycles. The fraction of sp³-hybridized carbons (Fsp3) is 0.278. The van der Waals surface area contributed by atoms with E-state index in [9.17, 15) is 14.7 Å². The van der Waals surface area contributed by atoms with Gasteiger partial charge in [0.05, 0.1) is 24.5 Å². The van der Waals surface area contributed by atoms with Crippen molar-refractivity contribution in [2.75, 3.05) is 7.11 Å². The number of aryl methyl sites for hydroxylation is 1. The zero-order valence-electron chi connectivity index (χ0n) is 14.0. The number of nitrogens with zero attached hydrogens (tertiary/aromatic N) is 1. The standard InChI is InChI=1S/C18H19NO5/c1-10(2)24-18(22)14-11(3)9-13(20)16(17(21)23-4)15(14)12-7-5-6-8-19-12/h5-10,20H,1-4H3. The summed E-state index contributed by atoms with van der Waals surface area (Å²) in [6, 6.07) is 6.42. The maximum absolute atomic E-state index is 12.6. The van der Waals surface area contributed by atoms with Crippen LogP contribution >= 0.6 is 0 Å². The number of ether oxygens (including phenoxy) is 2. The monoisotopic (exact) mass is 329 g/mol. The van der Waals surface area contributed by atoms with E-state index in [0.29, 0.717) is 11.3 Å². The van der Waals surface area contributed by atoms with Gasteiger partial charge in [-0.15, -0.1) is 0 Å². The summed E-state index contributed by atoms with van der Waals surface area (Å²) in [5.74, 6) is -1.62. The summed E-state index contributed by atoms with van der Waals surface area (Å²) in [6.07, 6.45) is 1.21. The van der Waals surface area contributed by atoms with Gasteiger partial charge in [-0.05, 0) is 44.5 Å². The minimum atomic E-state index is -0.758. The summed E-state index contributed by atoms with van der Waals surface area (Å²) in [6.45, 7) is 5.12. The summed E-state index contributed by atoms with van der Waals surface area (Å²) >= 11 is 0. The molecule has 0 fully saturated rings. The van der Waals surface area contributed by atoms with E-state index in [1.165, 1.54) is 19.4 Å². The Labute approximate surface area is 140 Å². The highest BCUT2D eigenvalue weighted by Gasteiger charge is 2.28. The maximum Gasteiger partial charge on any atom is 0.342 e. The van der Waals surface area contributed by atoms with Crippen molar-refractivity contribution in [2.24, 2.45) is 0 Å². The lowest BCUT2D eigenvalue weighted by atomic mass is 9.92. The Kier molecular flexibility index (Phi) is 5.18. The molecule has 2 aromatic rings. The first-order valence-electron chi connectivity index (χ1n) is 7.44. The summed E-state index contributed by atoms with van der Waals surface area (Å²) in [5.41, 5.74) is 1.11. The van der Waals surface area contributed by atoms with Crippen LogP contribution in [0.1, 0.15) is 40.1 Å². The highest BCUT2D eigenvalue weighted by atomic mass is 16.5. The summed E-state index contributed by atoms with van der Waals surface area (Å²) in [4.78, 5) is 28.9. The minimum absolute atomic E-state index is 0.113. The Balaban J connectivity index is 2.83. The molecule has 0 aliphatic heterocycles. The Hall–Kier alpha value is -2.89. The number of esters is 2. The van der Waals surface area contributed by atoms with Crippen molar-refractivity contribution in [2.45, 2.75) is 26.9 Å². The molecule has 0 saturated heterocycles. The molecular formula is C18H19NO5. The molecule has 0 spiro atoms. The van der Waals surface area contributed by atoms with Gasteiger partial charge in [0.25, 0.3) is 0 Å². The van der Waals surface area contributed by atoms with Crippen LogP contribution in [0.4, 0.5) is 0 Å². The highest BCUT2D eigenvalue weighted by Crippen LogP contribution is 2.36. The van der Waals surface area contributed by atoms with E-state index >= 15 is 0 Å². The SMILES string of the molecule is COC(=O)c1c(O)cc(C)c(C(=O)OC(C)C)c1-c1ccccn1. The number of hydrogen-bond donors (Lipinski definition) is 1. The lowest BCUT2D eigenvalue weighted by molar-refractivity contribution is 0.0378.